The van der Waals surface area contributed by atoms with Crippen molar-refractivity contribution >= 4 is 5.91 Å². The van der Waals surface area contributed by atoms with E-state index in [-0.39, 0.29) is 11.3 Å². The quantitative estimate of drug-likeness (QED) is 0.811. The number of hydrogen-bond acceptors (Lipinski definition) is 2. The third kappa shape index (κ3) is 2.06. The molecule has 1 fully saturated rings. The molecule has 102 valence electrons. The molecule has 0 saturated carbocycles. The van der Waals surface area contributed by atoms with Crippen molar-refractivity contribution in [1.82, 2.24) is 5.32 Å². The highest BCUT2D eigenvalue weighted by atomic mass is 16.3. The summed E-state index contributed by atoms with van der Waals surface area (Å²) in [5.41, 5.74) is 3.55. The highest BCUT2D eigenvalue weighted by Gasteiger charge is 2.45. The third-order valence-corrected chi connectivity index (χ3v) is 4.83. The average Bonchev–Trinajstić information content (AvgIpc) is 2.56. The van der Waals surface area contributed by atoms with Crippen molar-refractivity contribution in [1.29, 1.82) is 0 Å². The zero-order valence-corrected chi connectivity index (χ0v) is 11.4. The van der Waals surface area contributed by atoms with Gasteiger partial charge in [-0.2, -0.15) is 0 Å². The molecular weight excluding hydrogens is 238 g/mol. The lowest BCUT2D eigenvalue weighted by molar-refractivity contribution is -0.121. The SMILES string of the molecule is CCc1ccc2c(c1)CC1(CCNC(=O)CC1)C2O. The fourth-order valence-electron chi connectivity index (χ4n) is 3.58. The lowest BCUT2D eigenvalue weighted by Crippen LogP contribution is -2.27. The van der Waals surface area contributed by atoms with E-state index in [0.717, 1.165) is 31.2 Å². The predicted octanol–water partition coefficient (Wildman–Crippen LogP) is 2.13. The van der Waals surface area contributed by atoms with Gasteiger partial charge in [-0.15, -0.1) is 0 Å². The first-order valence-corrected chi connectivity index (χ1v) is 7.21. The van der Waals surface area contributed by atoms with Crippen LogP contribution in [0.25, 0.3) is 0 Å². The lowest BCUT2D eigenvalue weighted by atomic mass is 9.76. The fraction of sp³-hybridized carbons (Fsp3) is 0.562. The van der Waals surface area contributed by atoms with Gasteiger partial charge in [0.25, 0.3) is 0 Å². The first kappa shape index (κ1) is 12.7. The number of aliphatic hydroxyl groups excluding tert-OH is 1. The number of rotatable bonds is 1. The Morgan fingerprint density at radius 1 is 1.42 bits per heavy atom. The molecule has 2 aliphatic rings. The van der Waals surface area contributed by atoms with Gasteiger partial charge >= 0.3 is 0 Å². The lowest BCUT2D eigenvalue weighted by Gasteiger charge is -2.31. The molecule has 1 saturated heterocycles. The van der Waals surface area contributed by atoms with E-state index in [9.17, 15) is 9.90 Å². The van der Waals surface area contributed by atoms with Crippen LogP contribution in [-0.4, -0.2) is 17.6 Å². The van der Waals surface area contributed by atoms with Crippen LogP contribution in [0.1, 0.15) is 49.0 Å². The number of aryl methyl sites for hydroxylation is 1. The zero-order valence-electron chi connectivity index (χ0n) is 11.4. The highest BCUT2D eigenvalue weighted by Crippen LogP contribution is 2.51. The summed E-state index contributed by atoms with van der Waals surface area (Å²) in [5.74, 6) is 0.120. The molecule has 1 amide bonds. The molecule has 0 radical (unpaired) electrons. The standard InChI is InChI=1S/C16H21NO2/c1-2-11-3-4-13-12(9-11)10-16(15(13)19)6-5-14(18)17-8-7-16/h3-4,9,15,19H,2,5-8,10H2,1H3,(H,17,18). The molecule has 2 unspecified atom stereocenters. The molecule has 1 aromatic carbocycles. The molecule has 3 nitrogen and oxygen atoms in total. The summed E-state index contributed by atoms with van der Waals surface area (Å²) in [6, 6.07) is 6.42. The summed E-state index contributed by atoms with van der Waals surface area (Å²) in [5, 5.41) is 13.6. The molecular formula is C16H21NO2. The molecule has 0 aromatic heterocycles. The van der Waals surface area contributed by atoms with Crippen molar-refractivity contribution in [3.05, 3.63) is 34.9 Å². The Hall–Kier alpha value is -1.35. The van der Waals surface area contributed by atoms with E-state index >= 15 is 0 Å². The van der Waals surface area contributed by atoms with Crippen LogP contribution in [0.3, 0.4) is 0 Å². The van der Waals surface area contributed by atoms with Crippen LogP contribution in [-0.2, 0) is 17.6 Å². The number of fused-ring (bicyclic) bond motifs is 1. The van der Waals surface area contributed by atoms with Crippen molar-refractivity contribution < 1.29 is 9.90 Å². The number of benzene rings is 1. The van der Waals surface area contributed by atoms with Gasteiger partial charge in [0.2, 0.25) is 5.91 Å². The molecule has 2 atom stereocenters. The van der Waals surface area contributed by atoms with Gasteiger partial charge in [-0.25, -0.2) is 0 Å². The second-order valence-corrected chi connectivity index (χ2v) is 5.93. The van der Waals surface area contributed by atoms with Gasteiger partial charge in [0.1, 0.15) is 0 Å². The van der Waals surface area contributed by atoms with E-state index < -0.39 is 6.10 Å². The Labute approximate surface area is 114 Å². The van der Waals surface area contributed by atoms with Crippen LogP contribution in [0, 0.1) is 5.41 Å². The van der Waals surface area contributed by atoms with E-state index in [4.69, 9.17) is 0 Å². The molecule has 3 rings (SSSR count). The monoisotopic (exact) mass is 259 g/mol. The van der Waals surface area contributed by atoms with Gasteiger partial charge in [-0.1, -0.05) is 25.1 Å². The minimum Gasteiger partial charge on any atom is -0.388 e. The van der Waals surface area contributed by atoms with Crippen molar-refractivity contribution in [2.75, 3.05) is 6.54 Å². The highest BCUT2D eigenvalue weighted by molar-refractivity contribution is 5.76. The van der Waals surface area contributed by atoms with Crippen molar-refractivity contribution in [2.24, 2.45) is 5.41 Å². The smallest absolute Gasteiger partial charge is 0.220 e. The Morgan fingerprint density at radius 3 is 3.05 bits per heavy atom. The van der Waals surface area contributed by atoms with Gasteiger partial charge in [-0.05, 0) is 42.4 Å². The third-order valence-electron chi connectivity index (χ3n) is 4.83. The predicted molar refractivity (Wildman–Crippen MR) is 73.8 cm³/mol. The van der Waals surface area contributed by atoms with Gasteiger partial charge in [0, 0.05) is 18.4 Å². The topological polar surface area (TPSA) is 49.3 Å². The second-order valence-electron chi connectivity index (χ2n) is 5.93. The Morgan fingerprint density at radius 2 is 2.26 bits per heavy atom. The number of carbonyl (C=O) groups excluding carboxylic acids is 1. The number of carbonyl (C=O) groups is 1. The molecule has 0 bridgehead atoms. The number of amides is 1. The molecule has 1 aromatic rings. The van der Waals surface area contributed by atoms with E-state index in [2.05, 4.69) is 30.4 Å². The Balaban J connectivity index is 1.92. The second kappa shape index (κ2) is 4.64. The molecule has 1 aliphatic heterocycles. The minimum atomic E-state index is -0.416. The summed E-state index contributed by atoms with van der Waals surface area (Å²) in [6.45, 7) is 2.83. The van der Waals surface area contributed by atoms with Crippen molar-refractivity contribution in [3.63, 3.8) is 0 Å². The zero-order chi connectivity index (χ0) is 13.5. The van der Waals surface area contributed by atoms with Gasteiger partial charge < -0.3 is 10.4 Å². The molecule has 2 N–H and O–H groups in total. The van der Waals surface area contributed by atoms with Crippen molar-refractivity contribution in [3.8, 4) is 0 Å². The molecule has 3 heteroatoms. The maximum Gasteiger partial charge on any atom is 0.220 e. The number of aliphatic hydroxyl groups is 1. The average molecular weight is 259 g/mol. The molecule has 1 aliphatic carbocycles. The summed E-state index contributed by atoms with van der Waals surface area (Å²) in [4.78, 5) is 11.5. The maximum atomic E-state index is 11.5. The van der Waals surface area contributed by atoms with Gasteiger partial charge in [0.15, 0.2) is 0 Å². The van der Waals surface area contributed by atoms with Gasteiger partial charge in [-0.3, -0.25) is 4.79 Å². The Bertz CT molecular complexity index is 511. The summed E-state index contributed by atoms with van der Waals surface area (Å²) >= 11 is 0. The van der Waals surface area contributed by atoms with Gasteiger partial charge in [0.05, 0.1) is 6.10 Å². The van der Waals surface area contributed by atoms with Crippen molar-refractivity contribution in [2.45, 2.75) is 45.1 Å². The van der Waals surface area contributed by atoms with Crippen LogP contribution in [0.2, 0.25) is 0 Å². The van der Waals surface area contributed by atoms with Crippen LogP contribution in [0.4, 0.5) is 0 Å². The minimum absolute atomic E-state index is 0.120. The van der Waals surface area contributed by atoms with E-state index in [1.807, 2.05) is 0 Å². The molecule has 1 heterocycles. The first-order chi connectivity index (χ1) is 9.14. The summed E-state index contributed by atoms with van der Waals surface area (Å²) in [7, 11) is 0. The number of nitrogens with one attached hydrogen (secondary N) is 1. The van der Waals surface area contributed by atoms with E-state index in [1.165, 1.54) is 11.1 Å². The number of hydrogen-bond donors (Lipinski definition) is 2. The largest absolute Gasteiger partial charge is 0.388 e. The maximum absolute atomic E-state index is 11.5. The first-order valence-electron chi connectivity index (χ1n) is 7.21. The molecule has 19 heavy (non-hydrogen) atoms. The summed E-state index contributed by atoms with van der Waals surface area (Å²) < 4.78 is 0. The van der Waals surface area contributed by atoms with E-state index in [0.29, 0.717) is 13.0 Å². The van der Waals surface area contributed by atoms with Crippen LogP contribution < -0.4 is 5.32 Å². The normalized spacial score (nSPS) is 30.0. The van der Waals surface area contributed by atoms with Crippen LogP contribution in [0.15, 0.2) is 18.2 Å². The van der Waals surface area contributed by atoms with Crippen LogP contribution >= 0.6 is 0 Å². The summed E-state index contributed by atoms with van der Waals surface area (Å²) in [6.07, 6.45) is 3.71. The fourth-order valence-corrected chi connectivity index (χ4v) is 3.58. The van der Waals surface area contributed by atoms with E-state index in [1.54, 1.807) is 0 Å². The Kier molecular flexibility index (Phi) is 3.09. The molecule has 1 spiro atoms. The van der Waals surface area contributed by atoms with Crippen LogP contribution in [0.5, 0.6) is 0 Å².